The first-order valence-electron chi connectivity index (χ1n) is 5.04. The zero-order chi connectivity index (χ0) is 13.3. The van der Waals surface area contributed by atoms with Crippen molar-refractivity contribution in [3.05, 3.63) is 56.7 Å². The highest BCUT2D eigenvalue weighted by molar-refractivity contribution is 7.08. The smallest absolute Gasteiger partial charge is 0.320 e. The van der Waals surface area contributed by atoms with Gasteiger partial charge in [0.15, 0.2) is 0 Å². The van der Waals surface area contributed by atoms with E-state index in [-0.39, 0.29) is 23.0 Å². The van der Waals surface area contributed by atoms with Crippen LogP contribution in [0.3, 0.4) is 0 Å². The topological polar surface area (TPSA) is 26.0 Å². The molecule has 1 aromatic carbocycles. The standard InChI is InChI=1S/C12H9ClF3NS.ClH/c13-10-8(11(17)7-4-5-18-6-7)2-1-3-9(10)12(14,15)16;/h1-6,11H,17H2;1H/t11-;/m0./s1. The van der Waals surface area contributed by atoms with Crippen LogP contribution in [-0.4, -0.2) is 0 Å². The minimum absolute atomic E-state index is 0. The summed E-state index contributed by atoms with van der Waals surface area (Å²) in [6.45, 7) is 0. The second-order valence-electron chi connectivity index (χ2n) is 3.74. The van der Waals surface area contributed by atoms with Crippen LogP contribution in [0.25, 0.3) is 0 Å². The quantitative estimate of drug-likeness (QED) is 0.834. The summed E-state index contributed by atoms with van der Waals surface area (Å²) in [6.07, 6.45) is -4.47. The summed E-state index contributed by atoms with van der Waals surface area (Å²) in [5.74, 6) is 0. The van der Waals surface area contributed by atoms with Crippen LogP contribution in [0.5, 0.6) is 0 Å². The molecule has 0 aliphatic rings. The first kappa shape index (κ1) is 16.3. The van der Waals surface area contributed by atoms with E-state index in [1.807, 2.05) is 5.38 Å². The average Bonchev–Trinajstić information content (AvgIpc) is 2.80. The van der Waals surface area contributed by atoms with E-state index in [0.717, 1.165) is 11.6 Å². The Hall–Kier alpha value is -0.750. The van der Waals surface area contributed by atoms with Crippen molar-refractivity contribution in [3.8, 4) is 0 Å². The highest BCUT2D eigenvalue weighted by Gasteiger charge is 2.34. The molecule has 0 spiro atoms. The fourth-order valence-corrected chi connectivity index (χ4v) is 2.69. The molecule has 0 aliphatic carbocycles. The van der Waals surface area contributed by atoms with Crippen LogP contribution >= 0.6 is 35.3 Å². The van der Waals surface area contributed by atoms with E-state index >= 15 is 0 Å². The second kappa shape index (κ2) is 6.13. The largest absolute Gasteiger partial charge is 0.417 e. The van der Waals surface area contributed by atoms with Crippen molar-refractivity contribution in [2.75, 3.05) is 0 Å². The van der Waals surface area contributed by atoms with Crippen molar-refractivity contribution in [3.63, 3.8) is 0 Å². The summed E-state index contributed by atoms with van der Waals surface area (Å²) in [4.78, 5) is 0. The number of hydrogen-bond donors (Lipinski definition) is 1. The van der Waals surface area contributed by atoms with Crippen LogP contribution in [0.4, 0.5) is 13.2 Å². The third-order valence-corrected chi connectivity index (χ3v) is 3.69. The predicted octanol–water partition coefficient (Wildman–Crippen LogP) is 4.89. The van der Waals surface area contributed by atoms with E-state index in [1.54, 1.807) is 11.4 Å². The number of halogens is 5. The fourth-order valence-electron chi connectivity index (χ4n) is 1.64. The normalized spacial score (nSPS) is 12.9. The molecule has 1 atom stereocenters. The van der Waals surface area contributed by atoms with Gasteiger partial charge in [-0.25, -0.2) is 0 Å². The lowest BCUT2D eigenvalue weighted by atomic mass is 10.00. The van der Waals surface area contributed by atoms with Crippen molar-refractivity contribution in [2.24, 2.45) is 5.73 Å². The lowest BCUT2D eigenvalue weighted by Gasteiger charge is -2.16. The van der Waals surface area contributed by atoms with Crippen molar-refractivity contribution in [1.29, 1.82) is 0 Å². The van der Waals surface area contributed by atoms with Gasteiger partial charge in [0.1, 0.15) is 0 Å². The van der Waals surface area contributed by atoms with Crippen LogP contribution in [0.2, 0.25) is 5.02 Å². The first-order valence-corrected chi connectivity index (χ1v) is 6.36. The highest BCUT2D eigenvalue weighted by Crippen LogP contribution is 2.38. The van der Waals surface area contributed by atoms with Gasteiger partial charge in [-0.3, -0.25) is 0 Å². The maximum Gasteiger partial charge on any atom is 0.417 e. The molecule has 0 fully saturated rings. The van der Waals surface area contributed by atoms with Gasteiger partial charge < -0.3 is 5.73 Å². The van der Waals surface area contributed by atoms with Crippen molar-refractivity contribution < 1.29 is 13.2 Å². The van der Waals surface area contributed by atoms with Gasteiger partial charge >= 0.3 is 6.18 Å². The Morgan fingerprint density at radius 3 is 2.42 bits per heavy atom. The second-order valence-corrected chi connectivity index (χ2v) is 4.90. The van der Waals surface area contributed by atoms with Crippen molar-refractivity contribution in [1.82, 2.24) is 0 Å². The molecule has 104 valence electrons. The highest BCUT2D eigenvalue weighted by atomic mass is 35.5. The molecule has 7 heteroatoms. The van der Waals surface area contributed by atoms with Crippen molar-refractivity contribution >= 4 is 35.3 Å². The number of alkyl halides is 3. The molecular weight excluding hydrogens is 318 g/mol. The van der Waals surface area contributed by atoms with E-state index < -0.39 is 17.8 Å². The minimum atomic E-state index is -4.47. The molecule has 0 bridgehead atoms. The summed E-state index contributed by atoms with van der Waals surface area (Å²) in [5.41, 5.74) is 6.11. The van der Waals surface area contributed by atoms with Crippen molar-refractivity contribution in [2.45, 2.75) is 12.2 Å². The summed E-state index contributed by atoms with van der Waals surface area (Å²) in [6, 6.07) is 4.90. The Labute approximate surface area is 123 Å². The molecule has 1 aromatic heterocycles. The van der Waals surface area contributed by atoms with Crippen LogP contribution in [0, 0.1) is 0 Å². The first-order chi connectivity index (χ1) is 8.41. The van der Waals surface area contributed by atoms with Gasteiger partial charge in [0.25, 0.3) is 0 Å². The number of benzene rings is 1. The Morgan fingerprint density at radius 1 is 1.21 bits per heavy atom. The molecule has 0 unspecified atom stereocenters. The zero-order valence-electron chi connectivity index (χ0n) is 9.45. The van der Waals surface area contributed by atoms with Gasteiger partial charge in [-0.15, -0.1) is 12.4 Å². The van der Waals surface area contributed by atoms with Gasteiger partial charge in [0.2, 0.25) is 0 Å². The Kier molecular flexibility index (Phi) is 5.26. The van der Waals surface area contributed by atoms with Crippen LogP contribution in [0.1, 0.15) is 22.7 Å². The van der Waals surface area contributed by atoms with Gasteiger partial charge in [-0.2, -0.15) is 24.5 Å². The number of hydrogen-bond acceptors (Lipinski definition) is 2. The average molecular weight is 328 g/mol. The number of thiophene rings is 1. The van der Waals surface area contributed by atoms with Gasteiger partial charge in [-0.1, -0.05) is 23.7 Å². The van der Waals surface area contributed by atoms with E-state index in [9.17, 15) is 13.2 Å². The molecule has 1 nitrogen and oxygen atoms in total. The van der Waals surface area contributed by atoms with E-state index in [1.165, 1.54) is 23.5 Å². The maximum atomic E-state index is 12.7. The molecule has 2 aromatic rings. The number of nitrogens with two attached hydrogens (primary N) is 1. The monoisotopic (exact) mass is 327 g/mol. The van der Waals surface area contributed by atoms with E-state index in [2.05, 4.69) is 0 Å². The fraction of sp³-hybridized carbons (Fsp3) is 0.167. The molecule has 0 saturated heterocycles. The minimum Gasteiger partial charge on any atom is -0.320 e. The SMILES string of the molecule is Cl.N[C@@H](c1ccsc1)c1cccc(C(F)(F)F)c1Cl. The maximum absolute atomic E-state index is 12.7. The Balaban J connectivity index is 0.00000180. The van der Waals surface area contributed by atoms with Crippen LogP contribution < -0.4 is 5.73 Å². The Morgan fingerprint density at radius 2 is 1.89 bits per heavy atom. The summed E-state index contributed by atoms with van der Waals surface area (Å²) in [5, 5.41) is 3.28. The molecule has 0 radical (unpaired) electrons. The molecule has 2 N–H and O–H groups in total. The lowest BCUT2D eigenvalue weighted by molar-refractivity contribution is -0.137. The molecule has 0 aliphatic heterocycles. The molecule has 1 heterocycles. The summed E-state index contributed by atoms with van der Waals surface area (Å²) < 4.78 is 38.1. The van der Waals surface area contributed by atoms with E-state index in [4.69, 9.17) is 17.3 Å². The van der Waals surface area contributed by atoms with Crippen LogP contribution in [0.15, 0.2) is 35.0 Å². The van der Waals surface area contributed by atoms with Gasteiger partial charge in [-0.05, 0) is 34.0 Å². The van der Waals surface area contributed by atoms with Gasteiger partial charge in [0, 0.05) is 0 Å². The molecular formula is C12H10Cl2F3NS. The molecule has 0 saturated carbocycles. The number of rotatable bonds is 2. The Bertz CT molecular complexity index is 540. The summed E-state index contributed by atoms with van der Waals surface area (Å²) in [7, 11) is 0. The van der Waals surface area contributed by atoms with Gasteiger partial charge in [0.05, 0.1) is 16.6 Å². The summed E-state index contributed by atoms with van der Waals surface area (Å²) >= 11 is 7.24. The van der Waals surface area contributed by atoms with Crippen LogP contribution in [-0.2, 0) is 6.18 Å². The molecule has 2 rings (SSSR count). The molecule has 19 heavy (non-hydrogen) atoms. The van der Waals surface area contributed by atoms with E-state index in [0.29, 0.717) is 0 Å². The lowest BCUT2D eigenvalue weighted by Crippen LogP contribution is -2.14. The zero-order valence-corrected chi connectivity index (χ0v) is 11.8. The third kappa shape index (κ3) is 3.42. The predicted molar refractivity (Wildman–Crippen MR) is 74.1 cm³/mol. The molecule has 0 amide bonds. The third-order valence-electron chi connectivity index (χ3n) is 2.57.